The third kappa shape index (κ3) is 3.27. The van der Waals surface area contributed by atoms with E-state index in [1.165, 1.54) is 12.8 Å². The summed E-state index contributed by atoms with van der Waals surface area (Å²) in [5.41, 5.74) is 5.27. The fourth-order valence-corrected chi connectivity index (χ4v) is 1.92. The van der Waals surface area contributed by atoms with Crippen LogP contribution in [0.1, 0.15) is 31.9 Å². The number of anilines is 2. The van der Waals surface area contributed by atoms with E-state index in [1.54, 1.807) is 0 Å². The Labute approximate surface area is 104 Å². The van der Waals surface area contributed by atoms with Crippen molar-refractivity contribution in [3.63, 3.8) is 0 Å². The van der Waals surface area contributed by atoms with E-state index < -0.39 is 11.9 Å². The summed E-state index contributed by atoms with van der Waals surface area (Å²) in [6, 6.07) is 1.09. The number of hydrogen-bond donors (Lipinski definition) is 2. The summed E-state index contributed by atoms with van der Waals surface area (Å²) in [7, 11) is 0. The lowest BCUT2D eigenvalue weighted by Crippen LogP contribution is -2.18. The number of hydrogen-bond acceptors (Lipinski definition) is 3. The minimum absolute atomic E-state index is 0.114. The van der Waals surface area contributed by atoms with Gasteiger partial charge in [-0.25, -0.2) is 4.98 Å². The number of rotatable bonds is 4. The molecule has 18 heavy (non-hydrogen) atoms. The first kappa shape index (κ1) is 13.0. The largest absolute Gasteiger partial charge is 0.433 e. The molecule has 0 amide bonds. The van der Waals surface area contributed by atoms with Gasteiger partial charge in [0.1, 0.15) is 5.69 Å². The van der Waals surface area contributed by atoms with E-state index in [9.17, 15) is 13.2 Å². The van der Waals surface area contributed by atoms with Crippen LogP contribution in [-0.4, -0.2) is 11.0 Å². The van der Waals surface area contributed by atoms with Crippen LogP contribution in [0.15, 0.2) is 12.3 Å². The predicted octanol–water partition coefficient (Wildman–Crippen LogP) is 3.28. The molecule has 1 unspecified atom stereocenters. The van der Waals surface area contributed by atoms with Crippen molar-refractivity contribution in [3.05, 3.63) is 18.0 Å². The second-order valence-corrected chi connectivity index (χ2v) is 4.88. The molecule has 0 aliphatic heterocycles. The molecule has 1 aliphatic carbocycles. The van der Waals surface area contributed by atoms with E-state index in [1.807, 2.05) is 6.92 Å². The number of nitrogens with one attached hydrogen (secondary N) is 1. The zero-order valence-corrected chi connectivity index (χ0v) is 10.1. The molecule has 6 heteroatoms. The lowest BCUT2D eigenvalue weighted by atomic mass is 10.1. The number of pyridine rings is 1. The molecule has 3 nitrogen and oxygen atoms in total. The minimum Gasteiger partial charge on any atom is -0.396 e. The molecular formula is C12H16F3N3. The Balaban J connectivity index is 2.10. The van der Waals surface area contributed by atoms with Gasteiger partial charge in [0.2, 0.25) is 0 Å². The number of alkyl halides is 3. The third-order valence-corrected chi connectivity index (χ3v) is 3.01. The van der Waals surface area contributed by atoms with Crippen molar-refractivity contribution in [1.29, 1.82) is 0 Å². The Morgan fingerprint density at radius 1 is 1.50 bits per heavy atom. The van der Waals surface area contributed by atoms with Crippen molar-refractivity contribution >= 4 is 11.4 Å². The quantitative estimate of drug-likeness (QED) is 0.872. The highest BCUT2D eigenvalue weighted by molar-refractivity contribution is 5.65. The summed E-state index contributed by atoms with van der Waals surface area (Å²) in [6.45, 7) is 1.95. The van der Waals surface area contributed by atoms with E-state index in [0.29, 0.717) is 11.6 Å². The van der Waals surface area contributed by atoms with Crippen LogP contribution >= 0.6 is 0 Å². The summed E-state index contributed by atoms with van der Waals surface area (Å²) >= 11 is 0. The average Bonchev–Trinajstić information content (AvgIpc) is 3.03. The monoisotopic (exact) mass is 259 g/mol. The molecule has 0 radical (unpaired) electrons. The second-order valence-electron chi connectivity index (χ2n) is 4.88. The number of aromatic nitrogens is 1. The molecule has 3 N–H and O–H groups in total. The highest BCUT2D eigenvalue weighted by Gasteiger charge is 2.33. The lowest BCUT2D eigenvalue weighted by Gasteiger charge is -2.17. The smallest absolute Gasteiger partial charge is 0.396 e. The molecule has 1 aliphatic rings. The van der Waals surface area contributed by atoms with Crippen LogP contribution in [-0.2, 0) is 6.18 Å². The summed E-state index contributed by atoms with van der Waals surface area (Å²) < 4.78 is 37.6. The fourth-order valence-electron chi connectivity index (χ4n) is 1.92. The Morgan fingerprint density at radius 2 is 2.17 bits per heavy atom. The van der Waals surface area contributed by atoms with Gasteiger partial charge in [-0.2, -0.15) is 13.2 Å². The molecule has 0 spiro atoms. The predicted molar refractivity (Wildman–Crippen MR) is 64.1 cm³/mol. The van der Waals surface area contributed by atoms with Crippen molar-refractivity contribution < 1.29 is 13.2 Å². The maximum atomic E-state index is 12.5. The topological polar surface area (TPSA) is 50.9 Å². The molecule has 0 bridgehead atoms. The third-order valence-electron chi connectivity index (χ3n) is 3.01. The SMILES string of the molecule is CC(CC1CC1)Nc1cc(C(F)(F)F)ncc1N. The minimum atomic E-state index is -4.44. The van der Waals surface area contributed by atoms with Crippen LogP contribution in [0.2, 0.25) is 0 Å². The molecule has 100 valence electrons. The molecular weight excluding hydrogens is 243 g/mol. The van der Waals surface area contributed by atoms with Crippen LogP contribution < -0.4 is 11.1 Å². The van der Waals surface area contributed by atoms with Gasteiger partial charge < -0.3 is 11.1 Å². The van der Waals surface area contributed by atoms with Crippen LogP contribution in [0.5, 0.6) is 0 Å². The van der Waals surface area contributed by atoms with Gasteiger partial charge >= 0.3 is 6.18 Å². The highest BCUT2D eigenvalue weighted by Crippen LogP contribution is 2.35. The number of nitrogen functional groups attached to an aromatic ring is 1. The molecule has 2 rings (SSSR count). The first-order valence-corrected chi connectivity index (χ1v) is 5.95. The van der Waals surface area contributed by atoms with Crippen molar-refractivity contribution in [3.8, 4) is 0 Å². The molecule has 1 saturated carbocycles. The van der Waals surface area contributed by atoms with Crippen LogP contribution in [0.3, 0.4) is 0 Å². The van der Waals surface area contributed by atoms with Gasteiger partial charge in [-0.15, -0.1) is 0 Å². The Morgan fingerprint density at radius 3 is 2.72 bits per heavy atom. The van der Waals surface area contributed by atoms with Crippen molar-refractivity contribution in [1.82, 2.24) is 4.98 Å². The van der Waals surface area contributed by atoms with Crippen LogP contribution in [0.4, 0.5) is 24.5 Å². The highest BCUT2D eigenvalue weighted by atomic mass is 19.4. The van der Waals surface area contributed by atoms with E-state index in [2.05, 4.69) is 10.3 Å². The van der Waals surface area contributed by atoms with Gasteiger partial charge in [0.15, 0.2) is 0 Å². The summed E-state index contributed by atoms with van der Waals surface area (Å²) in [6.07, 6.45) is -0.000722. The zero-order valence-electron chi connectivity index (χ0n) is 10.1. The number of halogens is 3. The lowest BCUT2D eigenvalue weighted by molar-refractivity contribution is -0.141. The van der Waals surface area contributed by atoms with E-state index >= 15 is 0 Å². The normalized spacial score (nSPS) is 17.6. The maximum absolute atomic E-state index is 12.5. The number of nitrogens with zero attached hydrogens (tertiary/aromatic N) is 1. The Hall–Kier alpha value is -1.46. The molecule has 1 aromatic rings. The van der Waals surface area contributed by atoms with E-state index in [-0.39, 0.29) is 11.7 Å². The van der Waals surface area contributed by atoms with Crippen molar-refractivity contribution in [2.45, 2.75) is 38.4 Å². The molecule has 1 atom stereocenters. The van der Waals surface area contributed by atoms with E-state index in [4.69, 9.17) is 5.73 Å². The molecule has 1 aromatic heterocycles. The van der Waals surface area contributed by atoms with Gasteiger partial charge in [-0.05, 0) is 25.3 Å². The van der Waals surface area contributed by atoms with E-state index in [0.717, 1.165) is 18.7 Å². The zero-order chi connectivity index (χ0) is 13.3. The van der Waals surface area contributed by atoms with Crippen LogP contribution in [0.25, 0.3) is 0 Å². The Kier molecular flexibility index (Phi) is 3.36. The Bertz CT molecular complexity index is 427. The number of nitrogens with two attached hydrogens (primary N) is 1. The molecule has 0 aromatic carbocycles. The van der Waals surface area contributed by atoms with Gasteiger partial charge in [0.05, 0.1) is 17.6 Å². The average molecular weight is 259 g/mol. The van der Waals surface area contributed by atoms with Gasteiger partial charge in [-0.3, -0.25) is 0 Å². The van der Waals surface area contributed by atoms with Gasteiger partial charge in [0, 0.05) is 6.04 Å². The summed E-state index contributed by atoms with van der Waals surface area (Å²) in [5.74, 6) is 0.706. The summed E-state index contributed by atoms with van der Waals surface area (Å²) in [5, 5.41) is 3.03. The maximum Gasteiger partial charge on any atom is 0.433 e. The fraction of sp³-hybridized carbons (Fsp3) is 0.583. The standard InChI is InChI=1S/C12H16F3N3/c1-7(4-8-2-3-8)18-10-5-11(12(13,14)15)17-6-9(10)16/h5-8H,2-4,16H2,1H3,(H,17,18). The summed E-state index contributed by atoms with van der Waals surface area (Å²) in [4.78, 5) is 3.30. The van der Waals surface area contributed by atoms with Crippen molar-refractivity contribution in [2.24, 2.45) is 5.92 Å². The first-order valence-electron chi connectivity index (χ1n) is 5.95. The molecule has 1 heterocycles. The van der Waals surface area contributed by atoms with Gasteiger partial charge in [0.25, 0.3) is 0 Å². The van der Waals surface area contributed by atoms with Gasteiger partial charge in [-0.1, -0.05) is 12.8 Å². The van der Waals surface area contributed by atoms with Crippen LogP contribution in [0, 0.1) is 5.92 Å². The first-order chi connectivity index (χ1) is 8.36. The molecule has 1 fully saturated rings. The van der Waals surface area contributed by atoms with Crippen molar-refractivity contribution in [2.75, 3.05) is 11.1 Å². The molecule has 0 saturated heterocycles. The second kappa shape index (κ2) is 4.66.